The van der Waals surface area contributed by atoms with Crippen LogP contribution < -0.4 is 15.4 Å². The number of nitrogens with zero attached hydrogens (tertiary/aromatic N) is 2. The molecule has 8 nitrogen and oxygen atoms in total. The van der Waals surface area contributed by atoms with E-state index in [1.807, 2.05) is 24.5 Å². The number of aromatic nitrogens is 2. The molecule has 35 heavy (non-hydrogen) atoms. The number of rotatable bonds is 8. The molecule has 0 saturated carbocycles. The lowest BCUT2D eigenvalue weighted by atomic mass is 10.1. The molecule has 3 heterocycles. The normalized spacial score (nSPS) is 14.5. The van der Waals surface area contributed by atoms with Crippen molar-refractivity contribution in [2.45, 2.75) is 45.5 Å². The summed E-state index contributed by atoms with van der Waals surface area (Å²) in [5.74, 6) is -0.429. The SMILES string of the molecule is CCC(NC(=O)c1cc(C(=O)NC(C)c2ccc(F)cc2)n2c1COCC2)c1ccc(OC)nc1. The van der Waals surface area contributed by atoms with Gasteiger partial charge in [-0.05, 0) is 42.7 Å². The summed E-state index contributed by atoms with van der Waals surface area (Å²) in [5, 5.41) is 6.00. The van der Waals surface area contributed by atoms with Crippen LogP contribution in [0.5, 0.6) is 5.88 Å². The summed E-state index contributed by atoms with van der Waals surface area (Å²) < 4.78 is 25.8. The number of methoxy groups -OCH3 is 1. The van der Waals surface area contributed by atoms with Crippen LogP contribution in [0, 0.1) is 5.82 Å². The lowest BCUT2D eigenvalue weighted by molar-refractivity contribution is 0.0774. The number of halogens is 1. The van der Waals surface area contributed by atoms with Crippen LogP contribution in [0.4, 0.5) is 4.39 Å². The molecule has 0 radical (unpaired) electrons. The number of nitrogens with one attached hydrogen (secondary N) is 2. The summed E-state index contributed by atoms with van der Waals surface area (Å²) in [4.78, 5) is 30.7. The van der Waals surface area contributed by atoms with Gasteiger partial charge in [0.15, 0.2) is 0 Å². The predicted molar refractivity (Wildman–Crippen MR) is 128 cm³/mol. The van der Waals surface area contributed by atoms with Gasteiger partial charge in [0, 0.05) is 18.8 Å². The Balaban J connectivity index is 1.55. The number of fused-ring (bicyclic) bond motifs is 1. The molecule has 9 heteroatoms. The van der Waals surface area contributed by atoms with Crippen molar-refractivity contribution in [1.29, 1.82) is 0 Å². The van der Waals surface area contributed by atoms with Gasteiger partial charge in [0.25, 0.3) is 11.8 Å². The van der Waals surface area contributed by atoms with Gasteiger partial charge in [-0.25, -0.2) is 9.37 Å². The van der Waals surface area contributed by atoms with E-state index in [2.05, 4.69) is 15.6 Å². The van der Waals surface area contributed by atoms with Crippen LogP contribution in [0.25, 0.3) is 0 Å². The topological polar surface area (TPSA) is 94.5 Å². The number of pyridine rings is 1. The van der Waals surface area contributed by atoms with Crippen LogP contribution in [-0.4, -0.2) is 35.1 Å². The Morgan fingerprint density at radius 2 is 1.89 bits per heavy atom. The molecule has 1 aromatic carbocycles. The first-order valence-corrected chi connectivity index (χ1v) is 11.6. The highest BCUT2D eigenvalue weighted by Crippen LogP contribution is 2.24. The van der Waals surface area contributed by atoms with Crippen LogP contribution in [-0.2, 0) is 17.9 Å². The molecule has 1 aliphatic heterocycles. The summed E-state index contributed by atoms with van der Waals surface area (Å²) in [7, 11) is 1.55. The smallest absolute Gasteiger partial charge is 0.268 e. The Morgan fingerprint density at radius 1 is 1.14 bits per heavy atom. The Bertz CT molecular complexity index is 1190. The minimum Gasteiger partial charge on any atom is -0.481 e. The quantitative estimate of drug-likeness (QED) is 0.510. The van der Waals surface area contributed by atoms with Crippen LogP contribution in [0.15, 0.2) is 48.7 Å². The standard InChI is InChI=1S/C26H29FN4O4/c1-4-21(18-7-10-24(34-3)28-14-18)30-25(32)20-13-22(31-11-12-35-15-23(20)31)26(33)29-16(2)17-5-8-19(27)9-6-17/h5-10,13-14,16,21H,4,11-12,15H2,1-3H3,(H,29,33)(H,30,32). The minimum atomic E-state index is -0.335. The molecule has 1 aliphatic rings. The number of amides is 2. The maximum Gasteiger partial charge on any atom is 0.268 e. The highest BCUT2D eigenvalue weighted by Gasteiger charge is 2.28. The van der Waals surface area contributed by atoms with Crippen molar-refractivity contribution in [3.8, 4) is 5.88 Å². The summed E-state index contributed by atoms with van der Waals surface area (Å²) in [6, 6.07) is 10.6. The number of carbonyl (C=O) groups excluding carboxylic acids is 2. The van der Waals surface area contributed by atoms with Gasteiger partial charge >= 0.3 is 0 Å². The van der Waals surface area contributed by atoms with Crippen molar-refractivity contribution < 1.29 is 23.5 Å². The van der Waals surface area contributed by atoms with Crippen LogP contribution in [0.2, 0.25) is 0 Å². The van der Waals surface area contributed by atoms with E-state index in [0.717, 1.165) is 11.1 Å². The third kappa shape index (κ3) is 5.35. The molecule has 184 valence electrons. The van der Waals surface area contributed by atoms with E-state index in [1.165, 1.54) is 12.1 Å². The van der Waals surface area contributed by atoms with Crippen LogP contribution in [0.3, 0.4) is 0 Å². The lowest BCUT2D eigenvalue weighted by Crippen LogP contribution is -2.31. The Morgan fingerprint density at radius 3 is 2.54 bits per heavy atom. The maximum absolute atomic E-state index is 13.3. The molecule has 2 unspecified atom stereocenters. The second-order valence-electron chi connectivity index (χ2n) is 8.41. The van der Waals surface area contributed by atoms with E-state index in [0.29, 0.717) is 42.4 Å². The largest absolute Gasteiger partial charge is 0.481 e. The van der Waals surface area contributed by atoms with Crippen molar-refractivity contribution in [2.24, 2.45) is 0 Å². The van der Waals surface area contributed by atoms with Crippen molar-refractivity contribution in [3.05, 3.63) is 82.6 Å². The second kappa shape index (κ2) is 10.7. The van der Waals surface area contributed by atoms with Crippen LogP contribution in [0.1, 0.15) is 70.0 Å². The van der Waals surface area contributed by atoms with Gasteiger partial charge in [0.2, 0.25) is 5.88 Å². The summed E-state index contributed by atoms with van der Waals surface area (Å²) in [6.07, 6.45) is 2.34. The number of hydrogen-bond acceptors (Lipinski definition) is 5. The molecule has 2 atom stereocenters. The lowest BCUT2D eigenvalue weighted by Gasteiger charge is -2.21. The van der Waals surface area contributed by atoms with Gasteiger partial charge in [0.1, 0.15) is 11.5 Å². The number of carbonyl (C=O) groups is 2. The second-order valence-corrected chi connectivity index (χ2v) is 8.41. The average molecular weight is 481 g/mol. The zero-order valence-electron chi connectivity index (χ0n) is 20.0. The Hall–Kier alpha value is -3.72. The van der Waals surface area contributed by atoms with E-state index in [9.17, 15) is 14.0 Å². The van der Waals surface area contributed by atoms with Crippen LogP contribution >= 0.6 is 0 Å². The number of hydrogen-bond donors (Lipinski definition) is 2. The third-order valence-electron chi connectivity index (χ3n) is 6.19. The van der Waals surface area contributed by atoms with Gasteiger partial charge in [-0.15, -0.1) is 0 Å². The molecule has 4 rings (SSSR count). The molecule has 2 N–H and O–H groups in total. The Labute approximate surface area is 203 Å². The Kier molecular flexibility index (Phi) is 7.45. The van der Waals surface area contributed by atoms with Crippen molar-refractivity contribution in [2.75, 3.05) is 13.7 Å². The fraction of sp³-hybridized carbons (Fsp3) is 0.346. The maximum atomic E-state index is 13.3. The monoisotopic (exact) mass is 480 g/mol. The molecule has 3 aromatic rings. The molecule has 0 aliphatic carbocycles. The molecular formula is C26H29FN4O4. The third-order valence-corrected chi connectivity index (χ3v) is 6.19. The average Bonchev–Trinajstić information content (AvgIpc) is 3.27. The van der Waals surface area contributed by atoms with E-state index in [4.69, 9.17) is 9.47 Å². The number of benzene rings is 1. The minimum absolute atomic E-state index is 0.241. The summed E-state index contributed by atoms with van der Waals surface area (Å²) in [5.41, 5.74) is 3.10. The van der Waals surface area contributed by atoms with Gasteiger partial charge in [-0.1, -0.05) is 25.1 Å². The summed E-state index contributed by atoms with van der Waals surface area (Å²) in [6.45, 7) is 4.96. The molecule has 0 fully saturated rings. The highest BCUT2D eigenvalue weighted by atomic mass is 19.1. The first-order chi connectivity index (χ1) is 16.9. The van der Waals surface area contributed by atoms with E-state index >= 15 is 0 Å². The molecule has 0 bridgehead atoms. The first-order valence-electron chi connectivity index (χ1n) is 11.6. The van der Waals surface area contributed by atoms with Gasteiger partial charge < -0.3 is 24.7 Å². The highest BCUT2D eigenvalue weighted by molar-refractivity contribution is 6.01. The van der Waals surface area contributed by atoms with Crippen molar-refractivity contribution in [3.63, 3.8) is 0 Å². The fourth-order valence-corrected chi connectivity index (χ4v) is 4.19. The zero-order valence-corrected chi connectivity index (χ0v) is 20.0. The fourth-order valence-electron chi connectivity index (χ4n) is 4.19. The molecule has 2 aromatic heterocycles. The molecule has 0 saturated heterocycles. The summed E-state index contributed by atoms with van der Waals surface area (Å²) >= 11 is 0. The van der Waals surface area contributed by atoms with E-state index in [1.54, 1.807) is 37.6 Å². The van der Waals surface area contributed by atoms with Crippen molar-refractivity contribution in [1.82, 2.24) is 20.2 Å². The van der Waals surface area contributed by atoms with E-state index < -0.39 is 0 Å². The molecular weight excluding hydrogens is 451 g/mol. The molecule has 2 amide bonds. The first kappa shape index (κ1) is 24.4. The zero-order chi connectivity index (χ0) is 24.9. The van der Waals surface area contributed by atoms with Gasteiger partial charge in [-0.2, -0.15) is 0 Å². The van der Waals surface area contributed by atoms with Gasteiger partial charge in [0.05, 0.1) is 43.7 Å². The van der Waals surface area contributed by atoms with Crippen molar-refractivity contribution >= 4 is 11.8 Å². The predicted octanol–water partition coefficient (Wildman–Crippen LogP) is 3.93. The van der Waals surface area contributed by atoms with E-state index in [-0.39, 0.29) is 36.3 Å². The number of ether oxygens (including phenoxy) is 2. The van der Waals surface area contributed by atoms with Gasteiger partial charge in [-0.3, -0.25) is 9.59 Å². The molecule has 0 spiro atoms.